The van der Waals surface area contributed by atoms with Gasteiger partial charge < -0.3 is 0 Å². The smallest absolute Gasteiger partial charge is 0.188 e. The number of ketones is 1. The van der Waals surface area contributed by atoms with Crippen LogP contribution in [0.25, 0.3) is 5.69 Å². The summed E-state index contributed by atoms with van der Waals surface area (Å²) in [5.74, 6) is -0.0559. The van der Waals surface area contributed by atoms with E-state index in [2.05, 4.69) is 16.8 Å². The second kappa shape index (κ2) is 4.74. The first-order valence-corrected chi connectivity index (χ1v) is 5.32. The highest BCUT2D eigenvalue weighted by molar-refractivity contribution is 5.95. The number of nitrogens with zero attached hydrogens (tertiary/aromatic N) is 3. The van der Waals surface area contributed by atoms with E-state index in [1.165, 1.54) is 11.0 Å². The van der Waals surface area contributed by atoms with Crippen molar-refractivity contribution >= 4 is 5.78 Å². The first-order chi connectivity index (χ1) is 8.16. The third-order valence-corrected chi connectivity index (χ3v) is 2.23. The third kappa shape index (κ3) is 2.66. The van der Waals surface area contributed by atoms with Gasteiger partial charge in [-0.2, -0.15) is 9.90 Å². The molecule has 0 bridgehead atoms. The Bertz CT molecular complexity index is 543. The molecule has 1 aromatic carbocycles. The lowest BCUT2D eigenvalue weighted by atomic mass is 10.1. The van der Waals surface area contributed by atoms with Crippen molar-refractivity contribution in [3.05, 3.63) is 54.4 Å². The van der Waals surface area contributed by atoms with E-state index in [9.17, 15) is 4.79 Å². The summed E-state index contributed by atoms with van der Waals surface area (Å²) in [6, 6.07) is 9.47. The molecule has 2 rings (SSSR count). The number of para-hydroxylation sites is 1. The Morgan fingerprint density at radius 3 is 2.71 bits per heavy atom. The highest BCUT2D eigenvalue weighted by atomic mass is 16.1. The maximum atomic E-state index is 11.7. The maximum absolute atomic E-state index is 11.7. The Balaban J connectivity index is 2.22. The van der Waals surface area contributed by atoms with Crippen molar-refractivity contribution in [2.24, 2.45) is 0 Å². The summed E-state index contributed by atoms with van der Waals surface area (Å²) >= 11 is 0. The second-order valence-corrected chi connectivity index (χ2v) is 3.91. The topological polar surface area (TPSA) is 47.8 Å². The van der Waals surface area contributed by atoms with Crippen LogP contribution < -0.4 is 0 Å². The number of rotatable bonds is 4. The Morgan fingerprint density at radius 1 is 1.35 bits per heavy atom. The molecular weight excluding hydrogens is 214 g/mol. The van der Waals surface area contributed by atoms with Gasteiger partial charge in [-0.3, -0.25) is 4.79 Å². The van der Waals surface area contributed by atoms with Gasteiger partial charge in [-0.25, -0.2) is 0 Å². The van der Waals surface area contributed by atoms with Gasteiger partial charge in [-0.15, -0.1) is 5.10 Å². The van der Waals surface area contributed by atoms with Crippen LogP contribution in [0, 0.1) is 0 Å². The van der Waals surface area contributed by atoms with Gasteiger partial charge in [0.2, 0.25) is 0 Å². The molecule has 4 nitrogen and oxygen atoms in total. The van der Waals surface area contributed by atoms with Gasteiger partial charge in [-0.05, 0) is 19.1 Å². The molecule has 0 aliphatic heterocycles. The van der Waals surface area contributed by atoms with Gasteiger partial charge >= 0.3 is 0 Å². The van der Waals surface area contributed by atoms with E-state index in [1.54, 1.807) is 0 Å². The van der Waals surface area contributed by atoms with E-state index in [4.69, 9.17) is 0 Å². The highest BCUT2D eigenvalue weighted by Gasteiger charge is 2.11. The standard InChI is InChI=1S/C13H13N3O/c1-10(2)8-13(17)12-9-14-16(15-12)11-6-4-3-5-7-11/h3-7,9H,1,8H2,2H3. The van der Waals surface area contributed by atoms with Gasteiger partial charge in [0.25, 0.3) is 0 Å². The first kappa shape index (κ1) is 11.3. The maximum Gasteiger partial charge on any atom is 0.188 e. The zero-order valence-corrected chi connectivity index (χ0v) is 9.63. The summed E-state index contributed by atoms with van der Waals surface area (Å²) in [5, 5.41) is 8.22. The largest absolute Gasteiger partial charge is 0.292 e. The molecule has 0 amide bonds. The van der Waals surface area contributed by atoms with Crippen LogP contribution in [0.4, 0.5) is 0 Å². The van der Waals surface area contributed by atoms with Crippen molar-refractivity contribution in [1.29, 1.82) is 0 Å². The van der Waals surface area contributed by atoms with Crippen molar-refractivity contribution < 1.29 is 4.79 Å². The minimum atomic E-state index is -0.0559. The summed E-state index contributed by atoms with van der Waals surface area (Å²) in [6.07, 6.45) is 1.80. The molecule has 4 heteroatoms. The van der Waals surface area contributed by atoms with Crippen LogP contribution in [0.15, 0.2) is 48.7 Å². The van der Waals surface area contributed by atoms with Gasteiger partial charge in [0.1, 0.15) is 5.69 Å². The van der Waals surface area contributed by atoms with Crippen molar-refractivity contribution in [3.8, 4) is 5.69 Å². The number of hydrogen-bond acceptors (Lipinski definition) is 3. The van der Waals surface area contributed by atoms with Crippen molar-refractivity contribution in [3.63, 3.8) is 0 Å². The molecule has 0 saturated heterocycles. The van der Waals surface area contributed by atoms with Crippen molar-refractivity contribution in [1.82, 2.24) is 15.0 Å². The molecule has 0 N–H and O–H groups in total. The zero-order chi connectivity index (χ0) is 12.3. The predicted octanol–water partition coefficient (Wildman–Crippen LogP) is 2.42. The lowest BCUT2D eigenvalue weighted by Gasteiger charge is -1.97. The Labute approximate surface area is 99.6 Å². The van der Waals surface area contributed by atoms with Gasteiger partial charge in [0.15, 0.2) is 5.78 Å². The Kier molecular flexibility index (Phi) is 3.14. The molecule has 1 aromatic heterocycles. The van der Waals surface area contributed by atoms with E-state index < -0.39 is 0 Å². The number of allylic oxidation sites excluding steroid dienone is 1. The van der Waals surface area contributed by atoms with Crippen molar-refractivity contribution in [2.45, 2.75) is 13.3 Å². The molecule has 0 radical (unpaired) electrons. The van der Waals surface area contributed by atoms with Crippen LogP contribution in [0.1, 0.15) is 23.8 Å². The number of hydrogen-bond donors (Lipinski definition) is 0. The van der Waals surface area contributed by atoms with Gasteiger partial charge in [0, 0.05) is 6.42 Å². The van der Waals surface area contributed by atoms with E-state index in [1.807, 2.05) is 37.3 Å². The molecule has 0 saturated carbocycles. The van der Waals surface area contributed by atoms with Crippen LogP contribution in [0.3, 0.4) is 0 Å². The third-order valence-electron chi connectivity index (χ3n) is 2.23. The molecule has 0 unspecified atom stereocenters. The summed E-state index contributed by atoms with van der Waals surface area (Å²) < 4.78 is 0. The molecular formula is C13H13N3O. The van der Waals surface area contributed by atoms with Gasteiger partial charge in [0.05, 0.1) is 11.9 Å². The number of carbonyl (C=O) groups excluding carboxylic acids is 1. The minimum absolute atomic E-state index is 0.0559. The second-order valence-electron chi connectivity index (χ2n) is 3.91. The summed E-state index contributed by atoms with van der Waals surface area (Å²) in [7, 11) is 0. The molecule has 2 aromatic rings. The molecule has 86 valence electrons. The lowest BCUT2D eigenvalue weighted by Crippen LogP contribution is -2.03. The van der Waals surface area contributed by atoms with E-state index in [0.29, 0.717) is 12.1 Å². The normalized spacial score (nSPS) is 10.2. The fourth-order valence-corrected chi connectivity index (χ4v) is 1.44. The fourth-order valence-electron chi connectivity index (χ4n) is 1.44. The van der Waals surface area contributed by atoms with Crippen LogP contribution >= 0.6 is 0 Å². The lowest BCUT2D eigenvalue weighted by molar-refractivity contribution is 0.0988. The molecule has 0 fully saturated rings. The summed E-state index contributed by atoms with van der Waals surface area (Å²) in [4.78, 5) is 13.2. The van der Waals surface area contributed by atoms with Crippen LogP contribution in [0.5, 0.6) is 0 Å². The van der Waals surface area contributed by atoms with Crippen LogP contribution in [-0.2, 0) is 0 Å². The average molecular weight is 227 g/mol. The minimum Gasteiger partial charge on any atom is -0.292 e. The number of benzene rings is 1. The van der Waals surface area contributed by atoms with Crippen molar-refractivity contribution in [2.75, 3.05) is 0 Å². The Morgan fingerprint density at radius 2 is 2.06 bits per heavy atom. The molecule has 1 heterocycles. The molecule has 0 aliphatic rings. The average Bonchev–Trinajstić information content (AvgIpc) is 2.78. The Hall–Kier alpha value is -2.23. The van der Waals surface area contributed by atoms with Crippen LogP contribution in [-0.4, -0.2) is 20.8 Å². The fraction of sp³-hybridized carbons (Fsp3) is 0.154. The van der Waals surface area contributed by atoms with E-state index >= 15 is 0 Å². The van der Waals surface area contributed by atoms with E-state index in [0.717, 1.165) is 11.3 Å². The predicted molar refractivity (Wildman–Crippen MR) is 65.1 cm³/mol. The number of aromatic nitrogens is 3. The molecule has 0 spiro atoms. The molecule has 0 atom stereocenters. The SMILES string of the molecule is C=C(C)CC(=O)c1cnn(-c2ccccc2)n1. The number of carbonyl (C=O) groups is 1. The monoisotopic (exact) mass is 227 g/mol. The number of Topliss-reactive ketones (excluding diaryl/α,β-unsaturated/α-hetero) is 1. The first-order valence-electron chi connectivity index (χ1n) is 5.32. The summed E-state index contributed by atoms with van der Waals surface area (Å²) in [6.45, 7) is 5.53. The highest BCUT2D eigenvalue weighted by Crippen LogP contribution is 2.07. The van der Waals surface area contributed by atoms with E-state index in [-0.39, 0.29) is 5.78 Å². The quantitative estimate of drug-likeness (QED) is 0.595. The van der Waals surface area contributed by atoms with Crippen LogP contribution in [0.2, 0.25) is 0 Å². The molecule has 17 heavy (non-hydrogen) atoms. The zero-order valence-electron chi connectivity index (χ0n) is 9.63. The summed E-state index contributed by atoms with van der Waals surface area (Å²) in [5.41, 5.74) is 2.03. The molecule has 0 aliphatic carbocycles. The van der Waals surface area contributed by atoms with Gasteiger partial charge in [-0.1, -0.05) is 30.4 Å².